The van der Waals surface area contributed by atoms with Crippen LogP contribution >= 0.6 is 0 Å². The molecule has 0 atom stereocenters. The molecule has 102 valence electrons. The van der Waals surface area contributed by atoms with E-state index in [4.69, 9.17) is 4.74 Å². The van der Waals surface area contributed by atoms with E-state index in [2.05, 4.69) is 28.0 Å². The lowest BCUT2D eigenvalue weighted by atomic mass is 10.3. The fraction of sp³-hybridized carbons (Fsp3) is 0.400. The molecule has 0 amide bonds. The van der Waals surface area contributed by atoms with Crippen LogP contribution in [0, 0.1) is 6.92 Å². The molecule has 2 rings (SSSR count). The van der Waals surface area contributed by atoms with Gasteiger partial charge in [0.25, 0.3) is 0 Å². The van der Waals surface area contributed by atoms with Gasteiger partial charge in [-0.2, -0.15) is 0 Å². The monoisotopic (exact) mass is 259 g/mol. The first-order valence-electron chi connectivity index (χ1n) is 6.76. The molecule has 0 fully saturated rings. The summed E-state index contributed by atoms with van der Waals surface area (Å²) in [7, 11) is 0. The van der Waals surface area contributed by atoms with Gasteiger partial charge in [0, 0.05) is 18.4 Å². The standard InChI is InChI=1S/C15H21N3O/c1-4-10-18-11-12(3)16-15(18)17-13-6-8-14(9-7-13)19-5-2/h6-9,11H,4-5,10H2,1-3H3,(H,16,17). The molecule has 2 aromatic rings. The maximum absolute atomic E-state index is 5.43. The first-order valence-corrected chi connectivity index (χ1v) is 6.76. The van der Waals surface area contributed by atoms with Gasteiger partial charge in [0.05, 0.1) is 12.3 Å². The number of imidazole rings is 1. The molecule has 4 nitrogen and oxygen atoms in total. The Kier molecular flexibility index (Phi) is 4.44. The lowest BCUT2D eigenvalue weighted by molar-refractivity contribution is 0.340. The highest BCUT2D eigenvalue weighted by atomic mass is 16.5. The second-order valence-corrected chi connectivity index (χ2v) is 4.48. The van der Waals surface area contributed by atoms with E-state index in [0.29, 0.717) is 6.61 Å². The van der Waals surface area contributed by atoms with Gasteiger partial charge < -0.3 is 14.6 Å². The predicted molar refractivity (Wildman–Crippen MR) is 78.1 cm³/mol. The Morgan fingerprint density at radius 3 is 2.58 bits per heavy atom. The normalized spacial score (nSPS) is 10.5. The molecule has 1 aromatic carbocycles. The first-order chi connectivity index (χ1) is 9.22. The van der Waals surface area contributed by atoms with Crippen LogP contribution in [0.25, 0.3) is 0 Å². The topological polar surface area (TPSA) is 39.1 Å². The molecule has 0 unspecified atom stereocenters. The van der Waals surface area contributed by atoms with Crippen molar-refractivity contribution >= 4 is 11.6 Å². The second-order valence-electron chi connectivity index (χ2n) is 4.48. The van der Waals surface area contributed by atoms with E-state index in [1.54, 1.807) is 0 Å². The van der Waals surface area contributed by atoms with Gasteiger partial charge in [-0.05, 0) is 44.5 Å². The fourth-order valence-electron chi connectivity index (χ4n) is 1.99. The van der Waals surface area contributed by atoms with Crippen molar-refractivity contribution < 1.29 is 4.74 Å². The van der Waals surface area contributed by atoms with Crippen LogP contribution in [0.5, 0.6) is 5.75 Å². The predicted octanol–water partition coefficient (Wildman–Crippen LogP) is 3.74. The maximum atomic E-state index is 5.43. The zero-order valence-corrected chi connectivity index (χ0v) is 11.8. The molecular formula is C15H21N3O. The number of aromatic nitrogens is 2. The Morgan fingerprint density at radius 1 is 1.21 bits per heavy atom. The molecular weight excluding hydrogens is 238 g/mol. The molecule has 0 radical (unpaired) electrons. The van der Waals surface area contributed by atoms with Gasteiger partial charge in [0.1, 0.15) is 5.75 Å². The zero-order chi connectivity index (χ0) is 13.7. The lowest BCUT2D eigenvalue weighted by Crippen LogP contribution is -2.02. The third-order valence-corrected chi connectivity index (χ3v) is 2.78. The second kappa shape index (κ2) is 6.27. The van der Waals surface area contributed by atoms with Gasteiger partial charge in [-0.25, -0.2) is 4.98 Å². The molecule has 1 heterocycles. The van der Waals surface area contributed by atoms with E-state index in [1.165, 1.54) is 0 Å². The third kappa shape index (κ3) is 3.50. The van der Waals surface area contributed by atoms with Crippen molar-refractivity contribution in [3.8, 4) is 5.75 Å². The van der Waals surface area contributed by atoms with Gasteiger partial charge in [-0.1, -0.05) is 6.92 Å². The van der Waals surface area contributed by atoms with Gasteiger partial charge in [0.15, 0.2) is 0 Å². The minimum Gasteiger partial charge on any atom is -0.494 e. The van der Waals surface area contributed by atoms with E-state index in [-0.39, 0.29) is 0 Å². The number of nitrogens with one attached hydrogen (secondary N) is 1. The quantitative estimate of drug-likeness (QED) is 0.858. The van der Waals surface area contributed by atoms with Gasteiger partial charge in [-0.15, -0.1) is 0 Å². The third-order valence-electron chi connectivity index (χ3n) is 2.78. The minimum absolute atomic E-state index is 0.687. The molecule has 0 spiro atoms. The van der Waals surface area contributed by atoms with Crippen LogP contribution in [0.1, 0.15) is 26.0 Å². The van der Waals surface area contributed by atoms with Crippen LogP contribution in [-0.4, -0.2) is 16.2 Å². The van der Waals surface area contributed by atoms with Crippen molar-refractivity contribution in [3.63, 3.8) is 0 Å². The summed E-state index contributed by atoms with van der Waals surface area (Å²) in [5.74, 6) is 1.78. The molecule has 1 N–H and O–H groups in total. The van der Waals surface area contributed by atoms with Crippen molar-refractivity contribution in [1.82, 2.24) is 9.55 Å². The molecule has 4 heteroatoms. The van der Waals surface area contributed by atoms with Gasteiger partial charge in [0.2, 0.25) is 5.95 Å². The van der Waals surface area contributed by atoms with Crippen molar-refractivity contribution in [3.05, 3.63) is 36.2 Å². The van der Waals surface area contributed by atoms with Crippen molar-refractivity contribution in [2.24, 2.45) is 0 Å². The van der Waals surface area contributed by atoms with E-state index in [9.17, 15) is 0 Å². The molecule has 19 heavy (non-hydrogen) atoms. The molecule has 1 aromatic heterocycles. The molecule has 0 saturated heterocycles. The van der Waals surface area contributed by atoms with Crippen LogP contribution in [0.15, 0.2) is 30.5 Å². The number of benzene rings is 1. The highest BCUT2D eigenvalue weighted by molar-refractivity contribution is 5.55. The lowest BCUT2D eigenvalue weighted by Gasteiger charge is -2.09. The average Bonchev–Trinajstić information content (AvgIpc) is 2.73. The van der Waals surface area contributed by atoms with E-state index in [0.717, 1.165) is 36.0 Å². The number of anilines is 2. The number of aryl methyl sites for hydroxylation is 2. The van der Waals surface area contributed by atoms with Crippen LogP contribution in [0.3, 0.4) is 0 Å². The Labute approximate surface area is 114 Å². The Hall–Kier alpha value is -1.97. The van der Waals surface area contributed by atoms with Crippen LogP contribution in [0.4, 0.5) is 11.6 Å². The van der Waals surface area contributed by atoms with Crippen LogP contribution in [-0.2, 0) is 6.54 Å². The van der Waals surface area contributed by atoms with Crippen molar-refractivity contribution in [1.29, 1.82) is 0 Å². The van der Waals surface area contributed by atoms with E-state index < -0.39 is 0 Å². The Balaban J connectivity index is 2.11. The smallest absolute Gasteiger partial charge is 0.207 e. The summed E-state index contributed by atoms with van der Waals surface area (Å²) >= 11 is 0. The number of ether oxygens (including phenoxy) is 1. The summed E-state index contributed by atoms with van der Waals surface area (Å²) in [5, 5.41) is 3.34. The number of rotatable bonds is 6. The van der Waals surface area contributed by atoms with Gasteiger partial charge in [-0.3, -0.25) is 0 Å². The van der Waals surface area contributed by atoms with E-state index >= 15 is 0 Å². The molecule has 0 saturated carbocycles. The molecule has 0 aliphatic rings. The largest absolute Gasteiger partial charge is 0.494 e. The highest BCUT2D eigenvalue weighted by Crippen LogP contribution is 2.20. The molecule has 0 bridgehead atoms. The summed E-state index contributed by atoms with van der Waals surface area (Å²) < 4.78 is 7.57. The van der Waals surface area contributed by atoms with Gasteiger partial charge >= 0.3 is 0 Å². The van der Waals surface area contributed by atoms with Crippen molar-refractivity contribution in [2.45, 2.75) is 33.7 Å². The summed E-state index contributed by atoms with van der Waals surface area (Å²) in [6.07, 6.45) is 3.16. The molecule has 0 aliphatic heterocycles. The Morgan fingerprint density at radius 2 is 1.95 bits per heavy atom. The number of hydrogen-bond acceptors (Lipinski definition) is 3. The van der Waals surface area contributed by atoms with E-state index in [1.807, 2.05) is 38.1 Å². The SMILES string of the molecule is CCCn1cc(C)nc1Nc1ccc(OCC)cc1. The maximum Gasteiger partial charge on any atom is 0.207 e. The molecule has 0 aliphatic carbocycles. The zero-order valence-electron chi connectivity index (χ0n) is 11.8. The fourth-order valence-corrected chi connectivity index (χ4v) is 1.99. The van der Waals surface area contributed by atoms with Crippen molar-refractivity contribution in [2.75, 3.05) is 11.9 Å². The summed E-state index contributed by atoms with van der Waals surface area (Å²) in [6.45, 7) is 7.81. The highest BCUT2D eigenvalue weighted by Gasteiger charge is 2.05. The number of nitrogens with zero attached hydrogens (tertiary/aromatic N) is 2. The summed E-state index contributed by atoms with van der Waals surface area (Å²) in [6, 6.07) is 7.94. The average molecular weight is 259 g/mol. The minimum atomic E-state index is 0.687. The summed E-state index contributed by atoms with van der Waals surface area (Å²) in [5.41, 5.74) is 2.05. The van der Waals surface area contributed by atoms with Crippen LogP contribution < -0.4 is 10.1 Å². The van der Waals surface area contributed by atoms with Crippen LogP contribution in [0.2, 0.25) is 0 Å². The number of hydrogen-bond donors (Lipinski definition) is 1. The Bertz CT molecular complexity index is 517. The summed E-state index contributed by atoms with van der Waals surface area (Å²) in [4.78, 5) is 4.50. The first kappa shape index (κ1) is 13.5.